The third-order valence-corrected chi connectivity index (χ3v) is 4.18. The highest BCUT2D eigenvalue weighted by atomic mass is 16.5. The molecule has 2 N–H and O–H groups in total. The van der Waals surface area contributed by atoms with Crippen LogP contribution in [0, 0.1) is 0 Å². The van der Waals surface area contributed by atoms with Gasteiger partial charge in [-0.3, -0.25) is 4.90 Å². The van der Waals surface area contributed by atoms with Crippen molar-refractivity contribution >= 4 is 6.08 Å². The number of likely N-dealkylation sites (tertiary alicyclic amines) is 1. The maximum atomic E-state index is 6.29. The fraction of sp³-hybridized carbons (Fsp3) is 0.500. The molecule has 2 heterocycles. The van der Waals surface area contributed by atoms with Crippen molar-refractivity contribution in [3.05, 3.63) is 23.8 Å². The molecule has 3 rings (SSSR count). The highest BCUT2D eigenvalue weighted by Crippen LogP contribution is 2.41. The van der Waals surface area contributed by atoms with Crippen molar-refractivity contribution < 1.29 is 14.2 Å². The van der Waals surface area contributed by atoms with Crippen LogP contribution in [0.2, 0.25) is 0 Å². The van der Waals surface area contributed by atoms with Gasteiger partial charge in [0.1, 0.15) is 11.4 Å². The molecule has 114 valence electrons. The summed E-state index contributed by atoms with van der Waals surface area (Å²) in [5, 5.41) is 0. The highest BCUT2D eigenvalue weighted by Gasteiger charge is 2.40. The number of fused-ring (bicyclic) bond motifs is 1. The standard InChI is InChI=1S/C16H22N2O3/c1-19-14-9-12-3-4-16(5-7-18(11-16)8-6-17)21-13(12)10-15(14)20-2/h3-4,9-10H,5-8,11,17H2,1-2H3. The van der Waals surface area contributed by atoms with E-state index in [2.05, 4.69) is 17.1 Å². The normalized spacial score (nSPS) is 24.0. The van der Waals surface area contributed by atoms with Gasteiger partial charge in [-0.1, -0.05) is 6.08 Å². The Morgan fingerprint density at radius 2 is 2.05 bits per heavy atom. The molecule has 21 heavy (non-hydrogen) atoms. The average molecular weight is 290 g/mol. The zero-order chi connectivity index (χ0) is 14.9. The van der Waals surface area contributed by atoms with E-state index in [1.807, 2.05) is 12.1 Å². The van der Waals surface area contributed by atoms with Crippen molar-refractivity contribution in [3.8, 4) is 17.2 Å². The molecule has 1 spiro atoms. The molecule has 0 amide bonds. The molecule has 1 atom stereocenters. The Kier molecular flexibility index (Phi) is 3.78. The molecule has 0 saturated carbocycles. The molecule has 5 nitrogen and oxygen atoms in total. The number of nitrogens with zero attached hydrogens (tertiary/aromatic N) is 1. The monoisotopic (exact) mass is 290 g/mol. The van der Waals surface area contributed by atoms with E-state index >= 15 is 0 Å². The Morgan fingerprint density at radius 1 is 1.29 bits per heavy atom. The Balaban J connectivity index is 1.86. The lowest BCUT2D eigenvalue weighted by molar-refractivity contribution is 0.123. The largest absolute Gasteiger partial charge is 0.493 e. The van der Waals surface area contributed by atoms with Crippen LogP contribution in [-0.2, 0) is 0 Å². The molecule has 0 aliphatic carbocycles. The number of rotatable bonds is 4. The SMILES string of the molecule is COc1cc2c(cc1OC)OC1(C=C2)CCN(CCN)C1. The van der Waals surface area contributed by atoms with Gasteiger partial charge in [-0.25, -0.2) is 0 Å². The minimum absolute atomic E-state index is 0.234. The fourth-order valence-electron chi connectivity index (χ4n) is 3.07. The zero-order valence-electron chi connectivity index (χ0n) is 12.6. The minimum Gasteiger partial charge on any atom is -0.493 e. The summed E-state index contributed by atoms with van der Waals surface area (Å²) in [7, 11) is 3.28. The lowest BCUT2D eigenvalue weighted by Gasteiger charge is -2.32. The van der Waals surface area contributed by atoms with Gasteiger partial charge in [-0.2, -0.15) is 0 Å². The molecule has 0 aromatic heterocycles. The van der Waals surface area contributed by atoms with E-state index in [1.54, 1.807) is 14.2 Å². The number of benzene rings is 1. The van der Waals surface area contributed by atoms with Gasteiger partial charge in [0, 0.05) is 44.2 Å². The van der Waals surface area contributed by atoms with Crippen molar-refractivity contribution in [2.24, 2.45) is 5.73 Å². The van der Waals surface area contributed by atoms with Gasteiger partial charge in [0.05, 0.1) is 14.2 Å². The molecule has 0 bridgehead atoms. The third kappa shape index (κ3) is 2.59. The quantitative estimate of drug-likeness (QED) is 0.911. The van der Waals surface area contributed by atoms with Gasteiger partial charge in [0.25, 0.3) is 0 Å². The lowest BCUT2D eigenvalue weighted by atomic mass is 9.97. The molecule has 5 heteroatoms. The summed E-state index contributed by atoms with van der Waals surface area (Å²) in [5.41, 5.74) is 6.43. The molecule has 2 aliphatic rings. The molecular formula is C16H22N2O3. The number of hydrogen-bond donors (Lipinski definition) is 1. The second-order valence-corrected chi connectivity index (χ2v) is 5.56. The first-order valence-electron chi connectivity index (χ1n) is 7.26. The second kappa shape index (κ2) is 5.58. The van der Waals surface area contributed by atoms with E-state index in [-0.39, 0.29) is 5.60 Å². The number of ether oxygens (including phenoxy) is 3. The molecular weight excluding hydrogens is 268 g/mol. The van der Waals surface area contributed by atoms with Crippen LogP contribution in [-0.4, -0.2) is 50.9 Å². The fourth-order valence-corrected chi connectivity index (χ4v) is 3.07. The summed E-state index contributed by atoms with van der Waals surface area (Å²) in [6.45, 7) is 3.50. The number of nitrogens with two attached hydrogens (primary N) is 1. The van der Waals surface area contributed by atoms with E-state index in [1.165, 1.54) is 0 Å². The summed E-state index contributed by atoms with van der Waals surface area (Å²) < 4.78 is 17.0. The lowest BCUT2D eigenvalue weighted by Crippen LogP contribution is -2.39. The molecule has 1 saturated heterocycles. The van der Waals surface area contributed by atoms with E-state index in [0.29, 0.717) is 12.3 Å². The molecule has 1 aromatic rings. The van der Waals surface area contributed by atoms with Crippen LogP contribution < -0.4 is 19.9 Å². The zero-order valence-corrected chi connectivity index (χ0v) is 12.6. The Bertz CT molecular complexity index is 559. The number of hydrogen-bond acceptors (Lipinski definition) is 5. The summed E-state index contributed by atoms with van der Waals surface area (Å²) in [6.07, 6.45) is 5.27. The van der Waals surface area contributed by atoms with Crippen LogP contribution in [0.4, 0.5) is 0 Å². The number of methoxy groups -OCH3 is 2. The van der Waals surface area contributed by atoms with Crippen LogP contribution >= 0.6 is 0 Å². The summed E-state index contributed by atoms with van der Waals surface area (Å²) in [5.74, 6) is 2.26. The molecule has 1 fully saturated rings. The van der Waals surface area contributed by atoms with Crippen LogP contribution in [0.3, 0.4) is 0 Å². The molecule has 1 aromatic carbocycles. The van der Waals surface area contributed by atoms with Crippen molar-refractivity contribution in [1.82, 2.24) is 4.90 Å². The Hall–Kier alpha value is -1.72. The predicted molar refractivity (Wildman–Crippen MR) is 82.1 cm³/mol. The first-order valence-corrected chi connectivity index (χ1v) is 7.26. The van der Waals surface area contributed by atoms with Crippen LogP contribution in [0.1, 0.15) is 12.0 Å². The first kappa shape index (κ1) is 14.2. The van der Waals surface area contributed by atoms with Crippen LogP contribution in [0.15, 0.2) is 18.2 Å². The van der Waals surface area contributed by atoms with Gasteiger partial charge in [0.2, 0.25) is 0 Å². The van der Waals surface area contributed by atoms with Gasteiger partial charge >= 0.3 is 0 Å². The van der Waals surface area contributed by atoms with Crippen molar-refractivity contribution in [2.45, 2.75) is 12.0 Å². The maximum absolute atomic E-state index is 6.29. The second-order valence-electron chi connectivity index (χ2n) is 5.56. The summed E-state index contributed by atoms with van der Waals surface area (Å²) in [4.78, 5) is 2.34. The van der Waals surface area contributed by atoms with E-state index in [0.717, 1.165) is 43.1 Å². The Morgan fingerprint density at radius 3 is 2.76 bits per heavy atom. The van der Waals surface area contributed by atoms with Crippen molar-refractivity contribution in [2.75, 3.05) is 40.4 Å². The Labute approximate surface area is 125 Å². The van der Waals surface area contributed by atoms with Crippen molar-refractivity contribution in [1.29, 1.82) is 0 Å². The van der Waals surface area contributed by atoms with Crippen LogP contribution in [0.5, 0.6) is 17.2 Å². The molecule has 0 radical (unpaired) electrons. The van der Waals surface area contributed by atoms with Gasteiger partial charge in [-0.15, -0.1) is 0 Å². The highest BCUT2D eigenvalue weighted by molar-refractivity contribution is 5.66. The molecule has 1 unspecified atom stereocenters. The summed E-state index contributed by atoms with van der Waals surface area (Å²) in [6, 6.07) is 3.86. The van der Waals surface area contributed by atoms with Gasteiger partial charge in [-0.05, 0) is 12.1 Å². The average Bonchev–Trinajstić information content (AvgIpc) is 2.88. The van der Waals surface area contributed by atoms with Crippen molar-refractivity contribution in [3.63, 3.8) is 0 Å². The van der Waals surface area contributed by atoms with Crippen LogP contribution in [0.25, 0.3) is 6.08 Å². The smallest absolute Gasteiger partial charge is 0.164 e. The van der Waals surface area contributed by atoms with Gasteiger partial charge < -0.3 is 19.9 Å². The molecule has 2 aliphatic heterocycles. The topological polar surface area (TPSA) is 57.0 Å². The van der Waals surface area contributed by atoms with E-state index in [4.69, 9.17) is 19.9 Å². The van der Waals surface area contributed by atoms with Gasteiger partial charge in [0.15, 0.2) is 11.5 Å². The first-order chi connectivity index (χ1) is 10.2. The predicted octanol–water partition coefficient (Wildman–Crippen LogP) is 1.51. The maximum Gasteiger partial charge on any atom is 0.164 e. The third-order valence-electron chi connectivity index (χ3n) is 4.18. The summed E-state index contributed by atoms with van der Waals surface area (Å²) >= 11 is 0. The minimum atomic E-state index is -0.234. The van der Waals surface area contributed by atoms with E-state index < -0.39 is 0 Å². The van der Waals surface area contributed by atoms with E-state index in [9.17, 15) is 0 Å².